The van der Waals surface area contributed by atoms with Crippen molar-refractivity contribution in [2.45, 2.75) is 12.8 Å². The van der Waals surface area contributed by atoms with E-state index in [1.54, 1.807) is 0 Å². The van der Waals surface area contributed by atoms with Crippen molar-refractivity contribution in [3.8, 4) is 17.2 Å². The van der Waals surface area contributed by atoms with Gasteiger partial charge in [0.05, 0.1) is 0 Å². The number of aryl methyl sites for hydroxylation is 1. The van der Waals surface area contributed by atoms with Gasteiger partial charge in [-0.25, -0.2) is 4.98 Å². The van der Waals surface area contributed by atoms with E-state index < -0.39 is 40.1 Å². The number of hydrogen-bond donors (Lipinski definition) is 2. The molecule has 0 saturated carbocycles. The Morgan fingerprint density at radius 2 is 2.00 bits per heavy atom. The standard InChI is InChI=1S/C15H9F2NO5/c16-11-9(19)3-2-7-14(11)23-15-8(18-7)5-6(1-4-10(20)21)13(22)12(15)17/h2-3,5,22H,1,4H2,(H,20,21). The molecule has 1 heterocycles. The normalized spacial score (nSPS) is 11.2. The molecule has 1 aliphatic heterocycles. The van der Waals surface area contributed by atoms with Gasteiger partial charge in [0.2, 0.25) is 17.1 Å². The van der Waals surface area contributed by atoms with Crippen LogP contribution in [-0.2, 0) is 11.2 Å². The largest absolute Gasteiger partial charge is 0.505 e. The molecule has 0 spiro atoms. The lowest BCUT2D eigenvalue weighted by Crippen LogP contribution is -2.08. The summed E-state index contributed by atoms with van der Waals surface area (Å²) in [5, 5.41) is 18.5. The molecule has 8 heteroatoms. The highest BCUT2D eigenvalue weighted by Gasteiger charge is 2.22. The van der Waals surface area contributed by atoms with E-state index in [2.05, 4.69) is 4.98 Å². The summed E-state index contributed by atoms with van der Waals surface area (Å²) in [4.78, 5) is 25.9. The SMILES string of the molecule is O=C(O)CCc1cc2nc3ccc(=O)c(F)c-3oc2c(F)c1O. The van der Waals surface area contributed by atoms with Crippen LogP contribution in [0.25, 0.3) is 22.6 Å². The van der Waals surface area contributed by atoms with Gasteiger partial charge in [-0.3, -0.25) is 9.59 Å². The minimum atomic E-state index is -1.20. The van der Waals surface area contributed by atoms with Crippen molar-refractivity contribution in [3.63, 3.8) is 0 Å². The molecule has 0 aromatic heterocycles. The maximum atomic E-state index is 14.2. The molecule has 118 valence electrons. The van der Waals surface area contributed by atoms with Gasteiger partial charge in [0.15, 0.2) is 17.1 Å². The van der Waals surface area contributed by atoms with E-state index in [0.29, 0.717) is 0 Å². The third kappa shape index (κ3) is 2.48. The van der Waals surface area contributed by atoms with E-state index in [4.69, 9.17) is 9.52 Å². The van der Waals surface area contributed by atoms with Gasteiger partial charge in [0, 0.05) is 6.42 Å². The smallest absolute Gasteiger partial charge is 0.303 e. The lowest BCUT2D eigenvalue weighted by molar-refractivity contribution is -0.136. The molecule has 0 radical (unpaired) electrons. The Hall–Kier alpha value is -3.03. The maximum absolute atomic E-state index is 14.2. The number of rotatable bonds is 3. The topological polar surface area (TPSA) is 101 Å². The van der Waals surface area contributed by atoms with Crippen LogP contribution in [0.4, 0.5) is 8.78 Å². The number of carbonyl (C=O) groups is 1. The van der Waals surface area contributed by atoms with E-state index in [1.165, 1.54) is 12.1 Å². The zero-order valence-corrected chi connectivity index (χ0v) is 11.5. The molecule has 0 atom stereocenters. The number of phenolic OH excluding ortho intramolecular Hbond substituents is 1. The van der Waals surface area contributed by atoms with Crippen LogP contribution in [0.3, 0.4) is 0 Å². The predicted molar refractivity (Wildman–Crippen MR) is 74.4 cm³/mol. The zero-order valence-electron chi connectivity index (χ0n) is 11.5. The van der Waals surface area contributed by atoms with E-state index in [0.717, 1.165) is 6.07 Å². The molecule has 0 fully saturated rings. The van der Waals surface area contributed by atoms with Crippen LogP contribution in [0.1, 0.15) is 12.0 Å². The second-order valence-electron chi connectivity index (χ2n) is 4.88. The first-order chi connectivity index (χ1) is 10.9. The van der Waals surface area contributed by atoms with Crippen LogP contribution in [0, 0.1) is 11.6 Å². The first-order valence-corrected chi connectivity index (χ1v) is 6.53. The van der Waals surface area contributed by atoms with E-state index >= 15 is 0 Å². The Morgan fingerprint density at radius 3 is 2.70 bits per heavy atom. The van der Waals surface area contributed by atoms with Gasteiger partial charge in [0.25, 0.3) is 0 Å². The summed E-state index contributed by atoms with van der Waals surface area (Å²) < 4.78 is 33.0. The van der Waals surface area contributed by atoms with Crippen LogP contribution in [-0.4, -0.2) is 21.2 Å². The number of hydrogen-bond acceptors (Lipinski definition) is 5. The minimum Gasteiger partial charge on any atom is -0.505 e. The molecule has 0 amide bonds. The third-order valence-corrected chi connectivity index (χ3v) is 3.35. The minimum absolute atomic E-state index is 0.00359. The molecule has 1 aliphatic carbocycles. The zero-order chi connectivity index (χ0) is 16.7. The summed E-state index contributed by atoms with van der Waals surface area (Å²) in [5.74, 6) is -4.80. The molecule has 23 heavy (non-hydrogen) atoms. The van der Waals surface area contributed by atoms with Crippen LogP contribution >= 0.6 is 0 Å². The van der Waals surface area contributed by atoms with E-state index in [9.17, 15) is 23.5 Å². The Bertz CT molecular complexity index is 966. The van der Waals surface area contributed by atoms with Gasteiger partial charge < -0.3 is 14.6 Å². The maximum Gasteiger partial charge on any atom is 0.303 e. The summed E-state index contributed by atoms with van der Waals surface area (Å²) in [6, 6.07) is 3.46. The molecule has 1 aromatic rings. The van der Waals surface area contributed by atoms with Gasteiger partial charge in [-0.15, -0.1) is 0 Å². The number of benzene rings is 2. The molecular formula is C15H9F2NO5. The van der Waals surface area contributed by atoms with E-state index in [-0.39, 0.29) is 29.6 Å². The number of carboxylic acids is 1. The summed E-state index contributed by atoms with van der Waals surface area (Å²) in [7, 11) is 0. The fourth-order valence-corrected chi connectivity index (χ4v) is 2.22. The average Bonchev–Trinajstić information content (AvgIpc) is 2.52. The molecule has 6 nitrogen and oxygen atoms in total. The Labute approximate surface area is 127 Å². The first kappa shape index (κ1) is 14.9. The van der Waals surface area contributed by atoms with Gasteiger partial charge in [-0.05, 0) is 30.2 Å². The van der Waals surface area contributed by atoms with Crippen molar-refractivity contribution in [2.75, 3.05) is 0 Å². The fraction of sp³-hybridized carbons (Fsp3) is 0.133. The number of aliphatic carboxylic acids is 1. The number of halogens is 2. The second-order valence-corrected chi connectivity index (χ2v) is 4.88. The number of fused-ring (bicyclic) bond motifs is 2. The number of nitrogens with zero attached hydrogens (tertiary/aromatic N) is 1. The molecule has 2 N–H and O–H groups in total. The lowest BCUT2D eigenvalue weighted by atomic mass is 10.1. The van der Waals surface area contributed by atoms with Gasteiger partial charge in [0.1, 0.15) is 11.2 Å². The van der Waals surface area contributed by atoms with Crippen LogP contribution in [0.2, 0.25) is 0 Å². The molecule has 0 saturated heterocycles. The van der Waals surface area contributed by atoms with Crippen LogP contribution in [0.15, 0.2) is 27.4 Å². The summed E-state index contributed by atoms with van der Waals surface area (Å²) in [6.45, 7) is 0. The second kappa shape index (κ2) is 5.31. The summed E-state index contributed by atoms with van der Waals surface area (Å²) in [6.07, 6.45) is -0.418. The highest BCUT2D eigenvalue weighted by atomic mass is 19.1. The van der Waals surface area contributed by atoms with Crippen molar-refractivity contribution < 1.29 is 28.2 Å². The molecule has 0 bridgehead atoms. The molecular weight excluding hydrogens is 312 g/mol. The highest BCUT2D eigenvalue weighted by molar-refractivity contribution is 5.80. The lowest BCUT2D eigenvalue weighted by Gasteiger charge is -2.10. The van der Waals surface area contributed by atoms with Gasteiger partial charge in [-0.2, -0.15) is 8.78 Å². The van der Waals surface area contributed by atoms with Crippen molar-refractivity contribution in [1.29, 1.82) is 0 Å². The summed E-state index contributed by atoms with van der Waals surface area (Å²) in [5.41, 5.74) is -1.42. The van der Waals surface area contributed by atoms with Crippen molar-refractivity contribution >= 4 is 17.1 Å². The number of phenols is 1. The third-order valence-electron chi connectivity index (χ3n) is 3.35. The van der Waals surface area contributed by atoms with Crippen molar-refractivity contribution in [1.82, 2.24) is 4.98 Å². The molecule has 2 aliphatic rings. The quantitative estimate of drug-likeness (QED) is 0.718. The fourth-order valence-electron chi connectivity index (χ4n) is 2.22. The van der Waals surface area contributed by atoms with Crippen LogP contribution < -0.4 is 5.43 Å². The molecule has 3 rings (SSSR count). The van der Waals surface area contributed by atoms with Gasteiger partial charge in [-0.1, -0.05) is 0 Å². The monoisotopic (exact) mass is 321 g/mol. The Balaban J connectivity index is 2.27. The number of aromatic hydroxyl groups is 1. The predicted octanol–water partition coefficient (Wildman–Crippen LogP) is 2.29. The highest BCUT2D eigenvalue weighted by Crippen LogP contribution is 2.33. The Morgan fingerprint density at radius 1 is 1.26 bits per heavy atom. The van der Waals surface area contributed by atoms with E-state index in [1.807, 2.05) is 0 Å². The van der Waals surface area contributed by atoms with Crippen molar-refractivity contribution in [3.05, 3.63) is 45.6 Å². The van der Waals surface area contributed by atoms with Gasteiger partial charge >= 0.3 is 5.97 Å². The average molecular weight is 321 g/mol. The first-order valence-electron chi connectivity index (χ1n) is 6.53. The molecule has 1 aromatic carbocycles. The summed E-state index contributed by atoms with van der Waals surface area (Å²) >= 11 is 0. The Kier molecular flexibility index (Phi) is 3.44. The van der Waals surface area contributed by atoms with Crippen LogP contribution in [0.5, 0.6) is 5.75 Å². The van der Waals surface area contributed by atoms with Crippen molar-refractivity contribution in [2.24, 2.45) is 0 Å². The number of carboxylic acid groups (broad SMARTS) is 1. The molecule has 0 unspecified atom stereocenters. The number of aromatic nitrogens is 1.